The van der Waals surface area contributed by atoms with Crippen LogP contribution in [0.3, 0.4) is 0 Å². The predicted octanol–water partition coefficient (Wildman–Crippen LogP) is 20.3. The third kappa shape index (κ3) is 53.8. The topological polar surface area (TPSA) is 69.6 Å². The summed E-state index contributed by atoms with van der Waals surface area (Å²) in [6.07, 6.45) is 77.6. The van der Waals surface area contributed by atoms with Crippen LogP contribution in [0.2, 0.25) is 0 Å². The van der Waals surface area contributed by atoms with Crippen molar-refractivity contribution in [3.8, 4) is 0 Å². The van der Waals surface area contributed by atoms with E-state index in [1.54, 1.807) is 0 Å². The van der Waals surface area contributed by atoms with E-state index in [1.807, 2.05) is 0 Å². The van der Waals surface area contributed by atoms with E-state index in [9.17, 15) is 15.0 Å². The van der Waals surface area contributed by atoms with Gasteiger partial charge in [-0.15, -0.1) is 0 Å². The van der Waals surface area contributed by atoms with Crippen molar-refractivity contribution in [3.05, 3.63) is 24.3 Å². The van der Waals surface area contributed by atoms with Crippen LogP contribution in [0.4, 0.5) is 0 Å². The first-order valence-electron chi connectivity index (χ1n) is 30.5. The summed E-state index contributed by atoms with van der Waals surface area (Å²) in [5.74, 6) is -0.0237. The van der Waals surface area contributed by atoms with Crippen molar-refractivity contribution in [2.24, 2.45) is 0 Å². The lowest BCUT2D eigenvalue weighted by atomic mass is 10.0. The number of hydrogen-bond donors (Lipinski definition) is 3. The van der Waals surface area contributed by atoms with E-state index in [2.05, 4.69) is 43.5 Å². The zero-order valence-electron chi connectivity index (χ0n) is 45.2. The Morgan fingerprint density at radius 2 is 0.621 bits per heavy atom. The molecule has 0 aromatic rings. The molecule has 2 unspecified atom stereocenters. The maximum atomic E-state index is 12.5. The Morgan fingerprint density at radius 3 is 0.909 bits per heavy atom. The molecule has 0 heterocycles. The number of amides is 1. The lowest BCUT2D eigenvalue weighted by Gasteiger charge is -2.22. The molecule has 0 aromatic carbocycles. The van der Waals surface area contributed by atoms with Crippen molar-refractivity contribution in [3.63, 3.8) is 0 Å². The molecule has 1 amide bonds. The molecule has 0 aromatic heterocycles. The molecule has 0 bridgehead atoms. The maximum Gasteiger partial charge on any atom is 0.220 e. The number of unbranched alkanes of at least 4 members (excludes halogenated alkanes) is 46. The summed E-state index contributed by atoms with van der Waals surface area (Å²) in [6.45, 7) is 4.39. The van der Waals surface area contributed by atoms with Gasteiger partial charge in [0, 0.05) is 6.42 Å². The molecule has 392 valence electrons. The highest BCUT2D eigenvalue weighted by molar-refractivity contribution is 5.76. The average molecular weight is 929 g/mol. The summed E-state index contributed by atoms with van der Waals surface area (Å²) >= 11 is 0. The van der Waals surface area contributed by atoms with Crippen LogP contribution in [0.5, 0.6) is 0 Å². The van der Waals surface area contributed by atoms with Gasteiger partial charge in [0.25, 0.3) is 0 Å². The minimum atomic E-state index is -0.658. The van der Waals surface area contributed by atoms with E-state index in [4.69, 9.17) is 0 Å². The molecule has 0 aliphatic carbocycles. The number of aliphatic hydroxyl groups excluding tert-OH is 2. The molecular formula is C62H121NO3. The fourth-order valence-corrected chi connectivity index (χ4v) is 9.81. The van der Waals surface area contributed by atoms with E-state index in [1.165, 1.54) is 289 Å². The van der Waals surface area contributed by atoms with Crippen LogP contribution >= 0.6 is 0 Å². The third-order valence-corrected chi connectivity index (χ3v) is 14.5. The van der Waals surface area contributed by atoms with Crippen LogP contribution in [0.25, 0.3) is 0 Å². The van der Waals surface area contributed by atoms with E-state index >= 15 is 0 Å². The number of allylic oxidation sites excluding steroid dienone is 4. The number of rotatable bonds is 57. The first kappa shape index (κ1) is 64.9. The van der Waals surface area contributed by atoms with Crippen molar-refractivity contribution < 1.29 is 15.0 Å². The van der Waals surface area contributed by atoms with Gasteiger partial charge in [-0.2, -0.15) is 0 Å². The van der Waals surface area contributed by atoms with Crippen LogP contribution in [0.15, 0.2) is 24.3 Å². The van der Waals surface area contributed by atoms with Crippen LogP contribution < -0.4 is 5.32 Å². The van der Waals surface area contributed by atoms with Crippen molar-refractivity contribution in [2.75, 3.05) is 6.61 Å². The fraction of sp³-hybridized carbons (Fsp3) is 0.919. The smallest absolute Gasteiger partial charge is 0.220 e. The van der Waals surface area contributed by atoms with Crippen LogP contribution in [0, 0.1) is 0 Å². The van der Waals surface area contributed by atoms with Crippen LogP contribution in [-0.4, -0.2) is 34.9 Å². The van der Waals surface area contributed by atoms with E-state index in [-0.39, 0.29) is 12.5 Å². The zero-order chi connectivity index (χ0) is 47.7. The summed E-state index contributed by atoms with van der Waals surface area (Å²) < 4.78 is 0. The van der Waals surface area contributed by atoms with Crippen molar-refractivity contribution >= 4 is 5.91 Å². The van der Waals surface area contributed by atoms with E-state index < -0.39 is 12.1 Å². The molecule has 0 fully saturated rings. The quantitative estimate of drug-likeness (QED) is 0.0420. The second-order valence-electron chi connectivity index (χ2n) is 21.1. The van der Waals surface area contributed by atoms with Gasteiger partial charge in [-0.05, 0) is 44.9 Å². The van der Waals surface area contributed by atoms with Gasteiger partial charge in [-0.3, -0.25) is 4.79 Å². The lowest BCUT2D eigenvalue weighted by molar-refractivity contribution is -0.123. The highest BCUT2D eigenvalue weighted by Gasteiger charge is 2.20. The first-order valence-corrected chi connectivity index (χ1v) is 30.5. The molecule has 4 nitrogen and oxygen atoms in total. The Hall–Kier alpha value is -1.13. The number of nitrogens with one attached hydrogen (secondary N) is 1. The summed E-state index contributed by atoms with van der Waals surface area (Å²) in [5, 5.41) is 23.4. The molecule has 0 aliphatic rings. The largest absolute Gasteiger partial charge is 0.394 e. The zero-order valence-corrected chi connectivity index (χ0v) is 45.2. The van der Waals surface area contributed by atoms with Gasteiger partial charge in [0.1, 0.15) is 0 Å². The molecule has 66 heavy (non-hydrogen) atoms. The van der Waals surface area contributed by atoms with Gasteiger partial charge in [0.15, 0.2) is 0 Å². The highest BCUT2D eigenvalue weighted by Crippen LogP contribution is 2.18. The van der Waals surface area contributed by atoms with Gasteiger partial charge in [0.2, 0.25) is 5.91 Å². The molecule has 0 aliphatic heterocycles. The molecule has 0 rings (SSSR count). The minimum absolute atomic E-state index is 0.0237. The summed E-state index contributed by atoms with van der Waals surface area (Å²) in [6, 6.07) is -0.535. The van der Waals surface area contributed by atoms with E-state index in [0.29, 0.717) is 12.8 Å². The van der Waals surface area contributed by atoms with Gasteiger partial charge in [0.05, 0.1) is 18.8 Å². The second-order valence-corrected chi connectivity index (χ2v) is 21.1. The summed E-state index contributed by atoms with van der Waals surface area (Å²) in [4.78, 5) is 12.5. The lowest BCUT2D eigenvalue weighted by Crippen LogP contribution is -2.45. The minimum Gasteiger partial charge on any atom is -0.394 e. The van der Waals surface area contributed by atoms with Gasteiger partial charge < -0.3 is 15.5 Å². The Labute approximate surface area is 415 Å². The average Bonchev–Trinajstić information content (AvgIpc) is 3.32. The molecule has 0 radical (unpaired) electrons. The standard InChI is InChI=1S/C62H121NO3/c1-3-5-7-9-11-13-15-17-19-21-23-25-27-28-29-30-31-32-33-34-36-38-40-42-44-46-48-50-52-54-56-58-62(66)63-60(59-64)61(65)57-55-53-51-49-47-45-43-41-39-37-35-26-24-22-20-18-16-14-12-10-8-6-4-2/h15,17,21,23,60-61,64-65H,3-14,16,18-20,22,24-59H2,1-2H3,(H,63,66)/b17-15-,23-21-. The van der Waals surface area contributed by atoms with Crippen molar-refractivity contribution in [1.82, 2.24) is 5.32 Å². The fourth-order valence-electron chi connectivity index (χ4n) is 9.81. The van der Waals surface area contributed by atoms with Gasteiger partial charge >= 0.3 is 0 Å². The van der Waals surface area contributed by atoms with Crippen LogP contribution in [-0.2, 0) is 4.79 Å². The Bertz CT molecular complexity index is 963. The highest BCUT2D eigenvalue weighted by atomic mass is 16.3. The molecule has 2 atom stereocenters. The Kier molecular flexibility index (Phi) is 57.2. The second kappa shape index (κ2) is 58.2. The summed E-state index contributed by atoms with van der Waals surface area (Å²) in [7, 11) is 0. The number of carbonyl (C=O) groups excluding carboxylic acids is 1. The van der Waals surface area contributed by atoms with Crippen molar-refractivity contribution in [2.45, 2.75) is 360 Å². The number of carbonyl (C=O) groups is 1. The molecule has 4 heteroatoms. The SMILES string of the molecule is CCCCCCC/C=C\C/C=C\CCCCCCCCCCCCCCCCCCCCCC(=O)NC(CO)C(O)CCCCCCCCCCCCCCCCCCCCCCCCC. The Morgan fingerprint density at radius 1 is 0.364 bits per heavy atom. The number of aliphatic hydroxyl groups is 2. The normalized spacial score (nSPS) is 12.8. The number of hydrogen-bond acceptors (Lipinski definition) is 3. The molecule has 0 saturated heterocycles. The van der Waals surface area contributed by atoms with Gasteiger partial charge in [-0.1, -0.05) is 321 Å². The van der Waals surface area contributed by atoms with Crippen LogP contribution in [0.1, 0.15) is 348 Å². The monoisotopic (exact) mass is 928 g/mol. The van der Waals surface area contributed by atoms with Crippen molar-refractivity contribution in [1.29, 1.82) is 0 Å². The molecule has 0 spiro atoms. The summed E-state index contributed by atoms with van der Waals surface area (Å²) in [5.41, 5.74) is 0. The molecule has 3 N–H and O–H groups in total. The Balaban J connectivity index is 3.41. The maximum absolute atomic E-state index is 12.5. The third-order valence-electron chi connectivity index (χ3n) is 14.5. The van der Waals surface area contributed by atoms with Gasteiger partial charge in [-0.25, -0.2) is 0 Å². The predicted molar refractivity (Wildman–Crippen MR) is 295 cm³/mol. The molecule has 0 saturated carbocycles. The van der Waals surface area contributed by atoms with E-state index in [0.717, 1.165) is 32.1 Å². The first-order chi connectivity index (χ1) is 32.7. The molecular weight excluding hydrogens is 807 g/mol.